The first kappa shape index (κ1) is 13.4. The van der Waals surface area contributed by atoms with E-state index in [4.69, 9.17) is 0 Å². The Balaban J connectivity index is 2.91. The van der Waals surface area contributed by atoms with Crippen molar-refractivity contribution in [3.8, 4) is 0 Å². The predicted molar refractivity (Wildman–Crippen MR) is 64.6 cm³/mol. The normalized spacial score (nSPS) is 13.2. The van der Waals surface area contributed by atoms with Gasteiger partial charge in [-0.25, -0.2) is 0 Å². The van der Waals surface area contributed by atoms with Crippen LogP contribution in [0.3, 0.4) is 0 Å². The van der Waals surface area contributed by atoms with Crippen LogP contribution in [0.1, 0.15) is 52.4 Å². The monoisotopic (exact) mass is 249 g/mol. The highest BCUT2D eigenvalue weighted by Crippen LogP contribution is 2.04. The minimum absolute atomic E-state index is 0.621. The maximum atomic E-state index is 3.48. The van der Waals surface area contributed by atoms with Gasteiger partial charge in [0.1, 0.15) is 0 Å². The molecule has 0 heterocycles. The molecule has 0 saturated heterocycles. The number of alkyl halides is 1. The van der Waals surface area contributed by atoms with Crippen LogP contribution in [0.25, 0.3) is 0 Å². The molecule has 0 aromatic rings. The molecule has 0 aromatic carbocycles. The summed E-state index contributed by atoms with van der Waals surface area (Å²) in [5.41, 5.74) is 0. The topological polar surface area (TPSA) is 12.0 Å². The molecule has 80 valence electrons. The molecule has 13 heavy (non-hydrogen) atoms. The molecule has 0 aromatic heterocycles. The standard InChI is InChI=1S/C11H24BrN/c1-3-4-5-6-7-8-9-13-11(2)10-12/h11,13H,3-10H2,1-2H3. The van der Waals surface area contributed by atoms with Crippen molar-refractivity contribution in [3.05, 3.63) is 0 Å². The summed E-state index contributed by atoms with van der Waals surface area (Å²) in [6.45, 7) is 5.66. The van der Waals surface area contributed by atoms with Gasteiger partial charge in [0.15, 0.2) is 0 Å². The fourth-order valence-corrected chi connectivity index (χ4v) is 1.54. The Morgan fingerprint density at radius 3 is 2.31 bits per heavy atom. The smallest absolute Gasteiger partial charge is 0.0183 e. The number of hydrogen-bond donors (Lipinski definition) is 1. The van der Waals surface area contributed by atoms with E-state index in [0.29, 0.717) is 6.04 Å². The molecule has 0 rings (SSSR count). The van der Waals surface area contributed by atoms with E-state index in [1.165, 1.54) is 45.1 Å². The number of unbranched alkanes of at least 4 members (excludes halogenated alkanes) is 5. The average Bonchev–Trinajstić information content (AvgIpc) is 2.16. The van der Waals surface area contributed by atoms with Gasteiger partial charge in [0.2, 0.25) is 0 Å². The van der Waals surface area contributed by atoms with Crippen LogP contribution in [-0.2, 0) is 0 Å². The van der Waals surface area contributed by atoms with E-state index in [9.17, 15) is 0 Å². The van der Waals surface area contributed by atoms with Crippen LogP contribution in [0.15, 0.2) is 0 Å². The fraction of sp³-hybridized carbons (Fsp3) is 1.00. The van der Waals surface area contributed by atoms with Crippen LogP contribution in [0.2, 0.25) is 0 Å². The van der Waals surface area contributed by atoms with E-state index in [0.717, 1.165) is 5.33 Å². The average molecular weight is 250 g/mol. The first-order chi connectivity index (χ1) is 6.31. The van der Waals surface area contributed by atoms with Crippen molar-refractivity contribution < 1.29 is 0 Å². The van der Waals surface area contributed by atoms with Crippen LogP contribution >= 0.6 is 15.9 Å². The third kappa shape index (κ3) is 10.4. The maximum Gasteiger partial charge on any atom is 0.0183 e. The lowest BCUT2D eigenvalue weighted by molar-refractivity contribution is 0.540. The van der Waals surface area contributed by atoms with Gasteiger partial charge >= 0.3 is 0 Å². The molecule has 1 nitrogen and oxygen atoms in total. The summed E-state index contributed by atoms with van der Waals surface area (Å²) in [7, 11) is 0. The Labute approximate surface area is 91.8 Å². The lowest BCUT2D eigenvalue weighted by Gasteiger charge is -2.09. The van der Waals surface area contributed by atoms with Crippen molar-refractivity contribution in [2.45, 2.75) is 58.4 Å². The SMILES string of the molecule is CCCCCCCCNC(C)CBr. The third-order valence-electron chi connectivity index (χ3n) is 2.25. The molecule has 0 aliphatic carbocycles. The Kier molecular flexibility index (Phi) is 10.9. The zero-order chi connectivity index (χ0) is 9.94. The summed E-state index contributed by atoms with van der Waals surface area (Å²) in [6.07, 6.45) is 8.32. The second kappa shape index (κ2) is 10.5. The minimum Gasteiger partial charge on any atom is -0.313 e. The van der Waals surface area contributed by atoms with E-state index < -0.39 is 0 Å². The Morgan fingerprint density at radius 1 is 1.08 bits per heavy atom. The molecule has 1 atom stereocenters. The van der Waals surface area contributed by atoms with Gasteiger partial charge in [-0.15, -0.1) is 0 Å². The molecule has 0 spiro atoms. The number of halogens is 1. The summed E-state index contributed by atoms with van der Waals surface area (Å²) >= 11 is 3.46. The Morgan fingerprint density at radius 2 is 1.69 bits per heavy atom. The number of nitrogens with one attached hydrogen (secondary N) is 1. The van der Waals surface area contributed by atoms with Gasteiger partial charge in [-0.3, -0.25) is 0 Å². The van der Waals surface area contributed by atoms with Gasteiger partial charge in [0.05, 0.1) is 0 Å². The lowest BCUT2D eigenvalue weighted by Crippen LogP contribution is -2.28. The van der Waals surface area contributed by atoms with Crippen molar-refractivity contribution in [2.24, 2.45) is 0 Å². The molecule has 0 radical (unpaired) electrons. The summed E-state index contributed by atoms with van der Waals surface area (Å²) in [5, 5.41) is 4.53. The van der Waals surface area contributed by atoms with E-state index in [1.807, 2.05) is 0 Å². The largest absolute Gasteiger partial charge is 0.313 e. The Hall–Kier alpha value is 0.440. The van der Waals surface area contributed by atoms with Crippen LogP contribution < -0.4 is 5.32 Å². The molecule has 0 saturated carbocycles. The van der Waals surface area contributed by atoms with Crippen LogP contribution in [0.4, 0.5) is 0 Å². The highest BCUT2D eigenvalue weighted by Gasteiger charge is 1.96. The third-order valence-corrected chi connectivity index (χ3v) is 3.23. The maximum absolute atomic E-state index is 3.48. The van der Waals surface area contributed by atoms with Crippen LogP contribution in [0.5, 0.6) is 0 Å². The van der Waals surface area contributed by atoms with Gasteiger partial charge in [-0.2, -0.15) is 0 Å². The van der Waals surface area contributed by atoms with Gasteiger partial charge < -0.3 is 5.32 Å². The molecule has 1 N–H and O–H groups in total. The van der Waals surface area contributed by atoms with Crippen molar-refractivity contribution in [1.29, 1.82) is 0 Å². The second-order valence-corrected chi connectivity index (χ2v) is 4.42. The Bertz CT molecular complexity index is 96.1. The molecule has 1 unspecified atom stereocenters. The molecule has 2 heteroatoms. The molecule has 0 amide bonds. The van der Waals surface area contributed by atoms with Crippen molar-refractivity contribution in [2.75, 3.05) is 11.9 Å². The minimum atomic E-state index is 0.621. The number of rotatable bonds is 9. The van der Waals surface area contributed by atoms with E-state index in [2.05, 4.69) is 35.1 Å². The van der Waals surface area contributed by atoms with Crippen LogP contribution in [0, 0.1) is 0 Å². The van der Waals surface area contributed by atoms with Crippen molar-refractivity contribution in [3.63, 3.8) is 0 Å². The predicted octanol–water partition coefficient (Wildman–Crippen LogP) is 3.72. The van der Waals surface area contributed by atoms with Gasteiger partial charge in [-0.05, 0) is 19.9 Å². The summed E-state index contributed by atoms with van der Waals surface area (Å²) < 4.78 is 0. The van der Waals surface area contributed by atoms with E-state index >= 15 is 0 Å². The highest BCUT2D eigenvalue weighted by atomic mass is 79.9. The molecule has 0 aliphatic rings. The lowest BCUT2D eigenvalue weighted by atomic mass is 10.1. The quantitative estimate of drug-likeness (QED) is 0.485. The summed E-state index contributed by atoms with van der Waals surface area (Å²) in [6, 6.07) is 0.621. The first-order valence-electron chi connectivity index (χ1n) is 5.60. The fourth-order valence-electron chi connectivity index (χ4n) is 1.31. The van der Waals surface area contributed by atoms with Gasteiger partial charge in [0.25, 0.3) is 0 Å². The van der Waals surface area contributed by atoms with E-state index in [-0.39, 0.29) is 0 Å². The zero-order valence-electron chi connectivity index (χ0n) is 9.11. The highest BCUT2D eigenvalue weighted by molar-refractivity contribution is 9.09. The molecular formula is C11H24BrN. The van der Waals surface area contributed by atoms with Gasteiger partial charge in [-0.1, -0.05) is 55.0 Å². The zero-order valence-corrected chi connectivity index (χ0v) is 10.7. The molecule has 0 fully saturated rings. The van der Waals surface area contributed by atoms with Crippen molar-refractivity contribution >= 4 is 15.9 Å². The van der Waals surface area contributed by atoms with E-state index in [1.54, 1.807) is 0 Å². The summed E-state index contributed by atoms with van der Waals surface area (Å²) in [5.74, 6) is 0. The van der Waals surface area contributed by atoms with Gasteiger partial charge in [0, 0.05) is 11.4 Å². The number of hydrogen-bond acceptors (Lipinski definition) is 1. The first-order valence-corrected chi connectivity index (χ1v) is 6.72. The molecule has 0 aliphatic heterocycles. The molecular weight excluding hydrogens is 226 g/mol. The summed E-state index contributed by atoms with van der Waals surface area (Å²) in [4.78, 5) is 0. The van der Waals surface area contributed by atoms with Crippen molar-refractivity contribution in [1.82, 2.24) is 5.32 Å². The molecule has 0 bridgehead atoms. The van der Waals surface area contributed by atoms with Crippen LogP contribution in [-0.4, -0.2) is 17.9 Å². The second-order valence-electron chi connectivity index (χ2n) is 3.78.